The topological polar surface area (TPSA) is 69.6 Å². The molecule has 5 rings (SSSR count). The van der Waals surface area contributed by atoms with Crippen molar-refractivity contribution in [3.63, 3.8) is 0 Å². The van der Waals surface area contributed by atoms with Gasteiger partial charge in [0.15, 0.2) is 0 Å². The molecule has 3 aromatic carbocycles. The fourth-order valence-electron chi connectivity index (χ4n) is 5.09. The predicted octanol–water partition coefficient (Wildman–Crippen LogP) is 4.57. The Morgan fingerprint density at radius 2 is 1.65 bits per heavy atom. The second kappa shape index (κ2) is 12.8. The highest BCUT2D eigenvalue weighted by atomic mass is 19.1. The number of nitrogens with zero attached hydrogens (tertiary/aromatic N) is 4. The van der Waals surface area contributed by atoms with Crippen LogP contribution < -0.4 is 24.9 Å². The molecule has 1 N–H and O–H groups in total. The van der Waals surface area contributed by atoms with Gasteiger partial charge in [0.25, 0.3) is 0 Å². The maximum absolute atomic E-state index is 14.1. The molecule has 2 aliphatic rings. The molecular formula is C30H33F2N5O3. The first-order valence-corrected chi connectivity index (χ1v) is 13.4. The molecule has 10 heteroatoms. The molecule has 0 aliphatic carbocycles. The summed E-state index contributed by atoms with van der Waals surface area (Å²) in [4.78, 5) is 17.4. The van der Waals surface area contributed by atoms with E-state index in [9.17, 15) is 13.6 Å². The number of nitrogens with one attached hydrogen (secondary N) is 1. The van der Waals surface area contributed by atoms with E-state index in [0.29, 0.717) is 25.2 Å². The maximum Gasteiger partial charge on any atom is 0.219 e. The lowest BCUT2D eigenvalue weighted by molar-refractivity contribution is -0.106. The van der Waals surface area contributed by atoms with Crippen molar-refractivity contribution in [2.24, 2.45) is 11.0 Å². The Balaban J connectivity index is 1.08. The summed E-state index contributed by atoms with van der Waals surface area (Å²) in [6.07, 6.45) is 2.42. The minimum atomic E-state index is -0.588. The minimum Gasteiger partial charge on any atom is -0.493 e. The summed E-state index contributed by atoms with van der Waals surface area (Å²) in [6.45, 7) is 4.49. The Kier molecular flexibility index (Phi) is 8.75. The Morgan fingerprint density at radius 1 is 1.00 bits per heavy atom. The summed E-state index contributed by atoms with van der Waals surface area (Å²) >= 11 is 0. The average molecular weight is 550 g/mol. The summed E-state index contributed by atoms with van der Waals surface area (Å²) in [5.74, 6) is -0.241. The first-order valence-electron chi connectivity index (χ1n) is 13.4. The minimum absolute atomic E-state index is 0.138. The molecule has 40 heavy (non-hydrogen) atoms. The number of hydrogen-bond donors (Lipinski definition) is 1. The van der Waals surface area contributed by atoms with E-state index in [1.165, 1.54) is 23.4 Å². The van der Waals surface area contributed by atoms with E-state index in [1.807, 2.05) is 36.4 Å². The number of hydrazone groups is 1. The van der Waals surface area contributed by atoms with Crippen molar-refractivity contribution in [1.29, 1.82) is 0 Å². The molecule has 2 heterocycles. The summed E-state index contributed by atoms with van der Waals surface area (Å²) in [5.41, 5.74) is 6.04. The van der Waals surface area contributed by atoms with Crippen LogP contribution in [0, 0.1) is 17.6 Å². The van der Waals surface area contributed by atoms with Gasteiger partial charge in [-0.2, -0.15) is 5.10 Å². The van der Waals surface area contributed by atoms with E-state index < -0.39 is 11.6 Å². The second-order valence-electron chi connectivity index (χ2n) is 9.87. The summed E-state index contributed by atoms with van der Waals surface area (Å²) in [7, 11) is 1.68. The third-order valence-corrected chi connectivity index (χ3v) is 7.29. The number of rotatable bonds is 10. The van der Waals surface area contributed by atoms with Crippen molar-refractivity contribution < 1.29 is 23.0 Å². The van der Waals surface area contributed by atoms with Crippen molar-refractivity contribution in [1.82, 2.24) is 5.43 Å². The van der Waals surface area contributed by atoms with Gasteiger partial charge in [-0.3, -0.25) is 9.69 Å². The lowest BCUT2D eigenvalue weighted by Gasteiger charge is -2.37. The monoisotopic (exact) mass is 549 g/mol. The van der Waals surface area contributed by atoms with Crippen LogP contribution in [0.4, 0.5) is 25.8 Å². The van der Waals surface area contributed by atoms with Crippen LogP contribution in [-0.2, 0) is 9.53 Å². The normalized spacial score (nSPS) is 19.2. The van der Waals surface area contributed by atoms with E-state index in [0.717, 1.165) is 61.5 Å². The van der Waals surface area contributed by atoms with Crippen LogP contribution in [0.15, 0.2) is 71.8 Å². The number of anilines is 3. The Labute approximate surface area is 232 Å². The third-order valence-electron chi connectivity index (χ3n) is 7.29. The fraction of sp³-hybridized carbons (Fsp3) is 0.333. The van der Waals surface area contributed by atoms with Crippen molar-refractivity contribution in [3.05, 3.63) is 83.9 Å². The van der Waals surface area contributed by atoms with Gasteiger partial charge < -0.3 is 24.7 Å². The molecule has 2 fully saturated rings. The van der Waals surface area contributed by atoms with Gasteiger partial charge in [-0.05, 0) is 61.0 Å². The van der Waals surface area contributed by atoms with E-state index >= 15 is 0 Å². The fourth-order valence-corrected chi connectivity index (χ4v) is 5.09. The number of hydrogen-bond acceptors (Lipinski definition) is 7. The van der Waals surface area contributed by atoms with Gasteiger partial charge in [0.05, 0.1) is 19.3 Å². The number of amides is 1. The quantitative estimate of drug-likeness (QED) is 0.173. The SMILES string of the molecule is CN/N=C\N(C=O)c1ccc(N2CCN(c3ccc(OC[C@@H]4CO[C@@H](c5ccc(F)cc5F)C4)cc3)CC2)cc1. The highest BCUT2D eigenvalue weighted by molar-refractivity contribution is 5.97. The predicted molar refractivity (Wildman–Crippen MR) is 152 cm³/mol. The molecule has 2 saturated heterocycles. The molecule has 2 aliphatic heterocycles. The van der Waals surface area contributed by atoms with Gasteiger partial charge in [-0.25, -0.2) is 8.78 Å². The van der Waals surface area contributed by atoms with Crippen molar-refractivity contribution in [2.45, 2.75) is 12.5 Å². The Bertz CT molecular complexity index is 1300. The number of carbonyl (C=O) groups excluding carboxylic acids is 1. The second-order valence-corrected chi connectivity index (χ2v) is 9.87. The van der Waals surface area contributed by atoms with Crippen molar-refractivity contribution in [3.8, 4) is 5.75 Å². The van der Waals surface area contributed by atoms with E-state index in [2.05, 4.69) is 32.5 Å². The molecule has 0 radical (unpaired) electrons. The van der Waals surface area contributed by atoms with Crippen molar-refractivity contribution in [2.75, 3.05) is 61.1 Å². The van der Waals surface area contributed by atoms with Crippen LogP contribution in [0.3, 0.4) is 0 Å². The van der Waals surface area contributed by atoms with Crippen LogP contribution in [0.2, 0.25) is 0 Å². The Morgan fingerprint density at radius 3 is 2.25 bits per heavy atom. The highest BCUT2D eigenvalue weighted by Gasteiger charge is 2.29. The average Bonchev–Trinajstić information content (AvgIpc) is 3.46. The van der Waals surface area contributed by atoms with Gasteiger partial charge in [-0.1, -0.05) is 6.07 Å². The van der Waals surface area contributed by atoms with Gasteiger partial charge in [0.2, 0.25) is 6.41 Å². The molecule has 0 unspecified atom stereocenters. The Hall–Kier alpha value is -4.18. The smallest absolute Gasteiger partial charge is 0.219 e. The van der Waals surface area contributed by atoms with Crippen LogP contribution in [0.1, 0.15) is 18.1 Å². The highest BCUT2D eigenvalue weighted by Crippen LogP contribution is 2.34. The lowest BCUT2D eigenvalue weighted by atomic mass is 10.0. The third kappa shape index (κ3) is 6.51. The van der Waals surface area contributed by atoms with Crippen LogP contribution in [0.25, 0.3) is 0 Å². The van der Waals surface area contributed by atoms with Crippen LogP contribution >= 0.6 is 0 Å². The van der Waals surface area contributed by atoms with Crippen molar-refractivity contribution >= 4 is 29.8 Å². The molecule has 8 nitrogen and oxygen atoms in total. The molecule has 0 aromatic heterocycles. The zero-order valence-corrected chi connectivity index (χ0v) is 22.4. The maximum atomic E-state index is 14.1. The summed E-state index contributed by atoms with van der Waals surface area (Å²) in [5, 5.41) is 3.89. The standard InChI is InChI=1S/C30H33F2N5O3/c1-33-34-20-37(21-38)26-5-3-24(4-6-26)35-12-14-36(15-13-35)25-7-9-27(10-8-25)39-18-22-16-30(40-19-22)28-11-2-23(31)17-29(28)32/h2-11,17,20-22,30,33H,12-16,18-19H2,1H3/b34-20-/t22-,30-/m1/s1. The number of piperazine rings is 1. The number of benzene rings is 3. The first kappa shape index (κ1) is 27.4. The van der Waals surface area contributed by atoms with Gasteiger partial charge in [0.1, 0.15) is 23.7 Å². The largest absolute Gasteiger partial charge is 0.493 e. The summed E-state index contributed by atoms with van der Waals surface area (Å²) in [6, 6.07) is 19.6. The number of ether oxygens (including phenoxy) is 2. The van der Waals surface area contributed by atoms with Crippen LogP contribution in [-0.4, -0.2) is 59.2 Å². The van der Waals surface area contributed by atoms with E-state index in [4.69, 9.17) is 9.47 Å². The molecule has 0 bridgehead atoms. The van der Waals surface area contributed by atoms with Gasteiger partial charge in [0, 0.05) is 67.8 Å². The lowest BCUT2D eigenvalue weighted by Crippen LogP contribution is -2.46. The molecule has 0 saturated carbocycles. The molecule has 1 amide bonds. The van der Waals surface area contributed by atoms with E-state index in [1.54, 1.807) is 7.05 Å². The van der Waals surface area contributed by atoms with E-state index in [-0.39, 0.29) is 12.0 Å². The zero-order valence-electron chi connectivity index (χ0n) is 22.4. The zero-order chi connectivity index (χ0) is 27.9. The number of carbonyl (C=O) groups is 1. The molecule has 210 valence electrons. The number of halogens is 2. The molecule has 3 aromatic rings. The molecular weight excluding hydrogens is 516 g/mol. The molecule has 2 atom stereocenters. The van der Waals surface area contributed by atoms with Gasteiger partial charge >= 0.3 is 0 Å². The van der Waals surface area contributed by atoms with Crippen LogP contribution in [0.5, 0.6) is 5.75 Å². The first-order chi connectivity index (χ1) is 19.5. The van der Waals surface area contributed by atoms with Gasteiger partial charge in [-0.15, -0.1) is 0 Å². The molecule has 0 spiro atoms. The summed E-state index contributed by atoms with van der Waals surface area (Å²) < 4.78 is 39.1.